The van der Waals surface area contributed by atoms with Crippen LogP contribution >= 0.6 is 11.9 Å². The zero-order chi connectivity index (χ0) is 33.0. The van der Waals surface area contributed by atoms with E-state index >= 15 is 0 Å². The molecule has 3 heterocycles. The standard InChI is InChI=1S/C36H47N5O5S/c1-3-4-5-6-7-8-13-28(33(44)40-47-35(2)18-19-35)39-34(45)29-20-36(22-41(29)30(43)21-37-23-42)17-16-26-25-11-9-10-12-27(25)38-31(24-14-15-24)32(26)46-36/h7-12,23-24,28-29H,3-6,13-22H2,1-2H3,(H,37,42)(H,39,45)(H,40,44)/b8-7-. The molecule has 4 aliphatic rings. The molecule has 1 saturated heterocycles. The van der Waals surface area contributed by atoms with E-state index < -0.39 is 23.6 Å². The molecule has 3 unspecified atom stereocenters. The maximum atomic E-state index is 14.1. The number of rotatable bonds is 15. The van der Waals surface area contributed by atoms with Crippen molar-refractivity contribution in [2.45, 2.75) is 119 Å². The van der Waals surface area contributed by atoms with E-state index in [0.717, 1.165) is 85.7 Å². The number of hydrogen-bond acceptors (Lipinski definition) is 7. The van der Waals surface area contributed by atoms with E-state index in [1.54, 1.807) is 0 Å². The molecule has 0 radical (unpaired) electrons. The number of carbonyl (C=O) groups excluding carboxylic acids is 4. The minimum Gasteiger partial charge on any atom is -0.483 e. The second-order valence-corrected chi connectivity index (χ2v) is 15.3. The number of aryl methyl sites for hydroxylation is 1. The van der Waals surface area contributed by atoms with Crippen LogP contribution in [0.3, 0.4) is 0 Å². The van der Waals surface area contributed by atoms with Crippen molar-refractivity contribution in [3.63, 3.8) is 0 Å². The molecule has 3 fully saturated rings. The first-order valence-electron chi connectivity index (χ1n) is 17.2. The van der Waals surface area contributed by atoms with Crippen LogP contribution in [0.15, 0.2) is 36.4 Å². The van der Waals surface area contributed by atoms with Gasteiger partial charge in [0, 0.05) is 28.0 Å². The Bertz CT molecular complexity index is 1540. The molecule has 2 aliphatic heterocycles. The second-order valence-electron chi connectivity index (χ2n) is 13.9. The average Bonchev–Trinajstić information content (AvgIpc) is 4.02. The lowest BCUT2D eigenvalue weighted by molar-refractivity contribution is -0.139. The number of pyridine rings is 1. The Labute approximate surface area is 281 Å². The van der Waals surface area contributed by atoms with E-state index in [2.05, 4.69) is 41.3 Å². The van der Waals surface area contributed by atoms with E-state index in [1.165, 1.54) is 16.8 Å². The monoisotopic (exact) mass is 661 g/mol. The van der Waals surface area contributed by atoms with Crippen LogP contribution in [0, 0.1) is 0 Å². The minimum absolute atomic E-state index is 0.0426. The first kappa shape index (κ1) is 33.3. The van der Waals surface area contributed by atoms with Gasteiger partial charge in [-0.3, -0.25) is 23.9 Å². The van der Waals surface area contributed by atoms with E-state index in [0.29, 0.717) is 25.2 Å². The molecule has 1 spiro atoms. The largest absolute Gasteiger partial charge is 0.483 e. The zero-order valence-corrected chi connectivity index (χ0v) is 28.3. The fraction of sp³-hybridized carbons (Fsp3) is 0.583. The van der Waals surface area contributed by atoms with Crippen LogP contribution in [0.4, 0.5) is 0 Å². The summed E-state index contributed by atoms with van der Waals surface area (Å²) >= 11 is 1.42. The van der Waals surface area contributed by atoms with Crippen LogP contribution in [0.5, 0.6) is 5.75 Å². The van der Waals surface area contributed by atoms with Crippen LogP contribution in [-0.2, 0) is 25.6 Å². The van der Waals surface area contributed by atoms with E-state index in [-0.39, 0.29) is 36.1 Å². The minimum atomic E-state index is -0.854. The highest BCUT2D eigenvalue weighted by Crippen LogP contribution is 2.51. The predicted molar refractivity (Wildman–Crippen MR) is 183 cm³/mol. The van der Waals surface area contributed by atoms with Gasteiger partial charge in [0.1, 0.15) is 23.4 Å². The number of likely N-dealkylation sites (tertiary alicyclic amines) is 1. The van der Waals surface area contributed by atoms with Crippen molar-refractivity contribution in [1.82, 2.24) is 25.2 Å². The van der Waals surface area contributed by atoms with Crippen LogP contribution in [0.25, 0.3) is 10.9 Å². The molecule has 6 rings (SSSR count). The quantitative estimate of drug-likeness (QED) is 0.108. The molecule has 47 heavy (non-hydrogen) atoms. The van der Waals surface area contributed by atoms with Gasteiger partial charge in [-0.05, 0) is 82.7 Å². The average molecular weight is 662 g/mol. The smallest absolute Gasteiger partial charge is 0.252 e. The number of benzene rings is 1. The molecule has 1 aromatic carbocycles. The Morgan fingerprint density at radius 3 is 2.70 bits per heavy atom. The fourth-order valence-electron chi connectivity index (χ4n) is 6.71. The number of nitrogens with one attached hydrogen (secondary N) is 3. The van der Waals surface area contributed by atoms with Gasteiger partial charge in [0.05, 0.1) is 24.3 Å². The molecule has 252 valence electrons. The predicted octanol–water partition coefficient (Wildman–Crippen LogP) is 4.85. The van der Waals surface area contributed by atoms with Gasteiger partial charge < -0.3 is 20.3 Å². The summed E-state index contributed by atoms with van der Waals surface area (Å²) in [5.41, 5.74) is 2.29. The van der Waals surface area contributed by atoms with Crippen molar-refractivity contribution < 1.29 is 23.9 Å². The topological polar surface area (TPSA) is 130 Å². The van der Waals surface area contributed by atoms with Crippen LogP contribution < -0.4 is 20.1 Å². The number of aromatic nitrogens is 1. The number of allylic oxidation sites excluding steroid dienone is 1. The van der Waals surface area contributed by atoms with Crippen molar-refractivity contribution >= 4 is 47.0 Å². The highest BCUT2D eigenvalue weighted by molar-refractivity contribution is 7.99. The van der Waals surface area contributed by atoms with Gasteiger partial charge in [0.25, 0.3) is 5.91 Å². The lowest BCUT2D eigenvalue weighted by atomic mass is 9.86. The highest BCUT2D eigenvalue weighted by Gasteiger charge is 2.53. The summed E-state index contributed by atoms with van der Waals surface area (Å²) in [6, 6.07) is 6.49. The number of hydrogen-bond donors (Lipinski definition) is 3. The van der Waals surface area contributed by atoms with Gasteiger partial charge in [-0.2, -0.15) is 0 Å². The Balaban J connectivity index is 1.23. The Morgan fingerprint density at radius 1 is 1.15 bits per heavy atom. The number of amides is 4. The number of carbonyl (C=O) groups is 4. The summed E-state index contributed by atoms with van der Waals surface area (Å²) in [5.74, 6) is 0.142. The molecule has 4 amide bonds. The summed E-state index contributed by atoms with van der Waals surface area (Å²) in [4.78, 5) is 58.6. The van der Waals surface area contributed by atoms with E-state index in [1.807, 2.05) is 24.3 Å². The first-order chi connectivity index (χ1) is 22.7. The van der Waals surface area contributed by atoms with Crippen molar-refractivity contribution in [3.05, 3.63) is 47.7 Å². The van der Waals surface area contributed by atoms with Crippen LogP contribution in [-0.4, -0.2) is 69.5 Å². The second kappa shape index (κ2) is 14.3. The summed E-state index contributed by atoms with van der Waals surface area (Å²) in [5, 5.41) is 6.53. The number of nitrogens with zero attached hydrogens (tertiary/aromatic N) is 2. The third-order valence-corrected chi connectivity index (χ3v) is 11.2. The molecule has 11 heteroatoms. The van der Waals surface area contributed by atoms with Gasteiger partial charge in [0.15, 0.2) is 0 Å². The normalized spacial score (nSPS) is 23.3. The van der Waals surface area contributed by atoms with Crippen LogP contribution in [0.1, 0.15) is 102 Å². The number of ether oxygens (including phenoxy) is 1. The lowest BCUT2D eigenvalue weighted by Crippen LogP contribution is -2.53. The zero-order valence-electron chi connectivity index (χ0n) is 27.5. The van der Waals surface area contributed by atoms with Crippen LogP contribution in [0.2, 0.25) is 0 Å². The molecular formula is C36H47N5O5S. The SMILES string of the molecule is CCCCC/C=C\CC(NC(=O)C1CC2(CCc3c(c(C4CC4)nc4ccccc34)O2)CN1C(=O)CNC=O)C(=O)NSC1(C)CC1. The van der Waals surface area contributed by atoms with Gasteiger partial charge in [0.2, 0.25) is 18.2 Å². The number of fused-ring (bicyclic) bond motifs is 3. The van der Waals surface area contributed by atoms with Gasteiger partial charge >= 0.3 is 0 Å². The molecule has 0 bridgehead atoms. The molecule has 3 atom stereocenters. The van der Waals surface area contributed by atoms with Crippen molar-refractivity contribution in [1.29, 1.82) is 0 Å². The van der Waals surface area contributed by atoms with E-state index in [9.17, 15) is 19.2 Å². The van der Waals surface area contributed by atoms with Gasteiger partial charge in [-0.15, -0.1) is 0 Å². The lowest BCUT2D eigenvalue weighted by Gasteiger charge is -2.37. The molecular weight excluding hydrogens is 614 g/mol. The molecule has 10 nitrogen and oxygen atoms in total. The Kier molecular flexibility index (Phi) is 10.1. The number of para-hydroxylation sites is 1. The van der Waals surface area contributed by atoms with E-state index in [4.69, 9.17) is 9.72 Å². The summed E-state index contributed by atoms with van der Waals surface area (Å²) < 4.78 is 9.93. The van der Waals surface area contributed by atoms with Gasteiger partial charge in [-0.25, -0.2) is 4.98 Å². The van der Waals surface area contributed by atoms with Crippen molar-refractivity contribution in [2.75, 3.05) is 13.1 Å². The molecule has 2 aromatic rings. The highest BCUT2D eigenvalue weighted by atomic mass is 32.2. The summed E-state index contributed by atoms with van der Waals surface area (Å²) in [6.07, 6.45) is 15.0. The van der Waals surface area contributed by atoms with Crippen molar-refractivity contribution in [3.8, 4) is 5.75 Å². The molecule has 2 aliphatic carbocycles. The Hall–Kier alpha value is -3.60. The fourth-order valence-corrected chi connectivity index (χ4v) is 7.51. The molecule has 1 aromatic heterocycles. The van der Waals surface area contributed by atoms with Gasteiger partial charge in [-0.1, -0.05) is 50.1 Å². The summed E-state index contributed by atoms with van der Waals surface area (Å²) in [6.45, 7) is 4.27. The maximum Gasteiger partial charge on any atom is 0.252 e. The first-order valence-corrected chi connectivity index (χ1v) is 18.1. The maximum absolute atomic E-state index is 14.1. The summed E-state index contributed by atoms with van der Waals surface area (Å²) in [7, 11) is 0. The van der Waals surface area contributed by atoms with Crippen molar-refractivity contribution in [2.24, 2.45) is 0 Å². The Morgan fingerprint density at radius 2 is 1.96 bits per heavy atom. The molecule has 3 N–H and O–H groups in total. The third-order valence-electron chi connectivity index (χ3n) is 9.95. The number of unbranched alkanes of at least 4 members (excludes halogenated alkanes) is 3. The molecule has 2 saturated carbocycles. The third kappa shape index (κ3) is 7.77.